The van der Waals surface area contributed by atoms with E-state index < -0.39 is 0 Å². The second-order valence-electron chi connectivity index (χ2n) is 7.70. The van der Waals surface area contributed by atoms with Gasteiger partial charge in [0.15, 0.2) is 5.82 Å². The lowest BCUT2D eigenvalue weighted by molar-refractivity contribution is -0.125. The lowest BCUT2D eigenvalue weighted by Crippen LogP contribution is -2.39. The van der Waals surface area contributed by atoms with Crippen LogP contribution in [-0.4, -0.2) is 69.2 Å². The van der Waals surface area contributed by atoms with Crippen molar-refractivity contribution in [3.05, 3.63) is 24.3 Å². The van der Waals surface area contributed by atoms with E-state index in [1.54, 1.807) is 18.5 Å². The number of ether oxygens (including phenoxy) is 2. The molecule has 0 bridgehead atoms. The highest BCUT2D eigenvalue weighted by Crippen LogP contribution is 2.31. The number of imidazole rings is 1. The number of anilines is 2. The molecule has 0 saturated carbocycles. The molecule has 0 radical (unpaired) electrons. The monoisotopic (exact) mass is 455 g/mol. The summed E-state index contributed by atoms with van der Waals surface area (Å²) in [4.78, 5) is 37.2. The van der Waals surface area contributed by atoms with E-state index in [0.29, 0.717) is 35.3 Å². The number of aromatic nitrogens is 6. The van der Waals surface area contributed by atoms with Crippen LogP contribution in [0, 0.1) is 0 Å². The third-order valence-electron chi connectivity index (χ3n) is 4.63. The lowest BCUT2D eigenvalue weighted by atomic mass is 10.2. The van der Waals surface area contributed by atoms with Crippen LogP contribution in [0.4, 0.5) is 11.8 Å². The standard InChI is InChI=1S/C21H29N9O3/c1-11(2)19-29-16(17(30-19)14-9-24-18(22)20(27-14)33-5)13-6-7-23-21(28-13)25-8-12(3)26-15(31)10-32-4/h6-7,9,11-12H,8,10H2,1-5H3,(H2,22,24)(H,26,31)(H,29,30)(H,23,25,28). The van der Waals surface area contributed by atoms with Crippen molar-refractivity contribution in [2.24, 2.45) is 0 Å². The molecule has 3 aromatic rings. The third-order valence-corrected chi connectivity index (χ3v) is 4.63. The highest BCUT2D eigenvalue weighted by Gasteiger charge is 2.20. The minimum Gasteiger partial charge on any atom is -0.478 e. The number of nitrogens with one attached hydrogen (secondary N) is 3. The minimum absolute atomic E-state index is 0.00985. The fourth-order valence-corrected chi connectivity index (χ4v) is 3.01. The third kappa shape index (κ3) is 5.92. The molecule has 0 aliphatic rings. The van der Waals surface area contributed by atoms with Crippen LogP contribution in [0.25, 0.3) is 22.8 Å². The molecule has 176 valence electrons. The molecule has 0 saturated heterocycles. The zero-order valence-corrected chi connectivity index (χ0v) is 19.3. The molecule has 3 aromatic heterocycles. The summed E-state index contributed by atoms with van der Waals surface area (Å²) in [5.74, 6) is 1.57. The van der Waals surface area contributed by atoms with E-state index in [1.165, 1.54) is 14.2 Å². The smallest absolute Gasteiger partial charge is 0.257 e. The van der Waals surface area contributed by atoms with Crippen molar-refractivity contribution in [1.82, 2.24) is 35.2 Å². The predicted molar refractivity (Wildman–Crippen MR) is 124 cm³/mol. The van der Waals surface area contributed by atoms with Crippen molar-refractivity contribution in [3.63, 3.8) is 0 Å². The fraction of sp³-hybridized carbons (Fsp3) is 0.429. The molecule has 0 aliphatic heterocycles. The molecule has 0 fully saturated rings. The van der Waals surface area contributed by atoms with Gasteiger partial charge in [-0.25, -0.2) is 24.9 Å². The summed E-state index contributed by atoms with van der Waals surface area (Å²) in [6.45, 7) is 6.39. The van der Waals surface area contributed by atoms with E-state index >= 15 is 0 Å². The van der Waals surface area contributed by atoms with Gasteiger partial charge in [-0.05, 0) is 13.0 Å². The van der Waals surface area contributed by atoms with E-state index in [0.717, 1.165) is 5.82 Å². The number of methoxy groups -OCH3 is 2. The molecular weight excluding hydrogens is 426 g/mol. The van der Waals surface area contributed by atoms with Crippen molar-refractivity contribution >= 4 is 17.7 Å². The zero-order valence-electron chi connectivity index (χ0n) is 19.3. The van der Waals surface area contributed by atoms with Gasteiger partial charge in [0.1, 0.15) is 23.8 Å². The van der Waals surface area contributed by atoms with Crippen LogP contribution in [-0.2, 0) is 9.53 Å². The van der Waals surface area contributed by atoms with Gasteiger partial charge in [0.05, 0.1) is 24.7 Å². The Morgan fingerprint density at radius 2 is 1.94 bits per heavy atom. The highest BCUT2D eigenvalue weighted by molar-refractivity contribution is 5.77. The van der Waals surface area contributed by atoms with Crippen molar-refractivity contribution in [1.29, 1.82) is 0 Å². The number of hydrogen-bond donors (Lipinski definition) is 4. The number of H-pyrrole nitrogens is 1. The number of carbonyl (C=O) groups excluding carboxylic acids is 1. The van der Waals surface area contributed by atoms with Crippen molar-refractivity contribution in [2.75, 3.05) is 38.4 Å². The second-order valence-corrected chi connectivity index (χ2v) is 7.70. The molecule has 12 nitrogen and oxygen atoms in total. The number of carbonyl (C=O) groups is 1. The number of nitrogens with two attached hydrogens (primary N) is 1. The Morgan fingerprint density at radius 3 is 2.64 bits per heavy atom. The summed E-state index contributed by atoms with van der Waals surface area (Å²) in [7, 11) is 2.96. The average molecular weight is 456 g/mol. The summed E-state index contributed by atoms with van der Waals surface area (Å²) in [5, 5.41) is 5.96. The van der Waals surface area contributed by atoms with Crippen LogP contribution < -0.4 is 21.1 Å². The molecule has 3 rings (SSSR count). The Balaban J connectivity index is 1.88. The normalized spacial score (nSPS) is 11.9. The average Bonchev–Trinajstić information content (AvgIpc) is 3.24. The van der Waals surface area contributed by atoms with E-state index in [4.69, 9.17) is 20.2 Å². The van der Waals surface area contributed by atoms with Crippen molar-refractivity contribution < 1.29 is 14.3 Å². The highest BCUT2D eigenvalue weighted by atomic mass is 16.5. The van der Waals surface area contributed by atoms with Crippen LogP contribution >= 0.6 is 0 Å². The van der Waals surface area contributed by atoms with E-state index in [9.17, 15) is 4.79 Å². The Labute approximate surface area is 191 Å². The molecule has 1 amide bonds. The molecule has 0 aliphatic carbocycles. The van der Waals surface area contributed by atoms with Gasteiger partial charge in [0.25, 0.3) is 5.88 Å². The first kappa shape index (κ1) is 23.9. The molecule has 0 spiro atoms. The Hall–Kier alpha value is -3.80. The summed E-state index contributed by atoms with van der Waals surface area (Å²) >= 11 is 0. The second kappa shape index (κ2) is 10.7. The van der Waals surface area contributed by atoms with Crippen LogP contribution in [0.15, 0.2) is 18.5 Å². The SMILES string of the molecule is COCC(=O)NC(C)CNc1nccc(-c2[nH]c(C(C)C)nc2-c2cnc(N)c(OC)n2)n1. The van der Waals surface area contributed by atoms with Gasteiger partial charge in [-0.15, -0.1) is 0 Å². The summed E-state index contributed by atoms with van der Waals surface area (Å²) in [5.41, 5.74) is 8.19. The minimum atomic E-state index is -0.190. The maximum Gasteiger partial charge on any atom is 0.257 e. The van der Waals surface area contributed by atoms with Gasteiger partial charge in [-0.3, -0.25) is 4.79 Å². The van der Waals surface area contributed by atoms with Gasteiger partial charge in [-0.1, -0.05) is 13.8 Å². The Morgan fingerprint density at radius 1 is 1.15 bits per heavy atom. The Kier molecular flexibility index (Phi) is 7.72. The van der Waals surface area contributed by atoms with Crippen molar-refractivity contribution in [3.8, 4) is 28.7 Å². The predicted octanol–water partition coefficient (Wildman–Crippen LogP) is 1.60. The number of nitrogen functional groups attached to an aromatic ring is 1. The molecule has 3 heterocycles. The summed E-state index contributed by atoms with van der Waals surface area (Å²) in [6.07, 6.45) is 3.19. The molecule has 0 aromatic carbocycles. The number of amides is 1. The molecule has 5 N–H and O–H groups in total. The van der Waals surface area contributed by atoms with Crippen LogP contribution in [0.5, 0.6) is 5.88 Å². The van der Waals surface area contributed by atoms with Gasteiger partial charge >= 0.3 is 0 Å². The quantitative estimate of drug-likeness (QED) is 0.353. The van der Waals surface area contributed by atoms with Gasteiger partial charge in [-0.2, -0.15) is 0 Å². The number of nitrogens with zero attached hydrogens (tertiary/aromatic N) is 5. The van der Waals surface area contributed by atoms with Gasteiger partial charge in [0, 0.05) is 31.8 Å². The summed E-state index contributed by atoms with van der Waals surface area (Å²) < 4.78 is 10.0. The van der Waals surface area contributed by atoms with E-state index in [2.05, 4.69) is 35.6 Å². The van der Waals surface area contributed by atoms with Gasteiger partial charge < -0.3 is 30.8 Å². The largest absolute Gasteiger partial charge is 0.478 e. The first-order valence-electron chi connectivity index (χ1n) is 10.4. The number of rotatable bonds is 10. The maximum atomic E-state index is 11.7. The first-order chi connectivity index (χ1) is 15.8. The first-order valence-corrected chi connectivity index (χ1v) is 10.4. The van der Waals surface area contributed by atoms with Crippen molar-refractivity contribution in [2.45, 2.75) is 32.7 Å². The number of hydrogen-bond acceptors (Lipinski definition) is 10. The van der Waals surface area contributed by atoms with Crippen LogP contribution in [0.3, 0.4) is 0 Å². The number of aromatic amines is 1. The molecule has 1 atom stereocenters. The lowest BCUT2D eigenvalue weighted by Gasteiger charge is -2.14. The topological polar surface area (TPSA) is 166 Å². The van der Waals surface area contributed by atoms with Gasteiger partial charge in [0.2, 0.25) is 11.9 Å². The summed E-state index contributed by atoms with van der Waals surface area (Å²) in [6, 6.07) is 1.63. The Bertz CT molecular complexity index is 1100. The molecular formula is C21H29N9O3. The van der Waals surface area contributed by atoms with E-state index in [1.807, 2.05) is 20.8 Å². The van der Waals surface area contributed by atoms with Crippen LogP contribution in [0.1, 0.15) is 32.5 Å². The molecule has 1 unspecified atom stereocenters. The fourth-order valence-electron chi connectivity index (χ4n) is 3.01. The molecule has 33 heavy (non-hydrogen) atoms. The maximum absolute atomic E-state index is 11.7. The molecule has 12 heteroatoms. The van der Waals surface area contributed by atoms with Crippen LogP contribution in [0.2, 0.25) is 0 Å². The zero-order chi connectivity index (χ0) is 24.0. The van der Waals surface area contributed by atoms with E-state index in [-0.39, 0.29) is 36.2 Å².